The summed E-state index contributed by atoms with van der Waals surface area (Å²) in [4.78, 5) is 11.7. The summed E-state index contributed by atoms with van der Waals surface area (Å²) in [6.07, 6.45) is 10.9. The lowest BCUT2D eigenvalue weighted by Crippen LogP contribution is -2.22. The van der Waals surface area contributed by atoms with Crippen LogP contribution in [-0.2, 0) is 19.3 Å². The molecule has 3 aliphatic carbocycles. The average molecular weight is 270 g/mol. The van der Waals surface area contributed by atoms with E-state index in [-0.39, 0.29) is 0 Å². The second-order valence-electron chi connectivity index (χ2n) is 6.80. The Morgan fingerprint density at radius 3 is 2.55 bits per heavy atom. The average Bonchev–Trinajstić information content (AvgIpc) is 2.94. The molecule has 1 saturated carbocycles. The topological polar surface area (TPSA) is 37.3 Å². The van der Waals surface area contributed by atoms with Gasteiger partial charge in [0, 0.05) is 0 Å². The number of carboxylic acids is 1. The Balaban J connectivity index is 1.92. The van der Waals surface area contributed by atoms with Gasteiger partial charge >= 0.3 is 5.97 Å². The zero-order valence-corrected chi connectivity index (χ0v) is 12.0. The molecule has 3 aliphatic rings. The molecule has 0 unspecified atom stereocenters. The highest BCUT2D eigenvalue weighted by Gasteiger charge is 2.36. The van der Waals surface area contributed by atoms with Gasteiger partial charge in [-0.1, -0.05) is 6.42 Å². The van der Waals surface area contributed by atoms with Crippen molar-refractivity contribution in [2.45, 2.75) is 63.7 Å². The van der Waals surface area contributed by atoms with Gasteiger partial charge in [-0.25, -0.2) is 4.79 Å². The number of carbonyl (C=O) groups is 1. The van der Waals surface area contributed by atoms with E-state index in [1.165, 1.54) is 55.2 Å². The quantitative estimate of drug-likeness (QED) is 0.834. The first kappa shape index (κ1) is 12.4. The van der Waals surface area contributed by atoms with Crippen LogP contribution in [0.5, 0.6) is 0 Å². The standard InChI is InChI=1S/C18H22O2/c19-18(20)17-10-16-12-7-3-4-11(12)8-9-15(16)13-5-1-2-6-14(13)17/h10-12H,1-9H2,(H,19,20)/t11-,12+/m0/s1. The molecule has 0 amide bonds. The van der Waals surface area contributed by atoms with Crippen LogP contribution in [0.2, 0.25) is 0 Å². The van der Waals surface area contributed by atoms with Crippen molar-refractivity contribution in [3.63, 3.8) is 0 Å². The lowest BCUT2D eigenvalue weighted by atomic mass is 9.71. The van der Waals surface area contributed by atoms with Crippen LogP contribution in [0.3, 0.4) is 0 Å². The van der Waals surface area contributed by atoms with Crippen LogP contribution in [0.1, 0.15) is 77.1 Å². The normalized spacial score (nSPS) is 27.6. The second-order valence-corrected chi connectivity index (χ2v) is 6.80. The summed E-state index contributed by atoms with van der Waals surface area (Å²) in [6, 6.07) is 2.06. The zero-order valence-electron chi connectivity index (χ0n) is 12.0. The number of hydrogen-bond acceptors (Lipinski definition) is 1. The molecule has 1 aromatic rings. The number of fused-ring (bicyclic) bond motifs is 5. The van der Waals surface area contributed by atoms with Gasteiger partial charge in [0.25, 0.3) is 0 Å². The summed E-state index contributed by atoms with van der Waals surface area (Å²) in [6.45, 7) is 0. The molecule has 0 spiro atoms. The molecule has 0 heterocycles. The Morgan fingerprint density at radius 1 is 0.950 bits per heavy atom. The summed E-state index contributed by atoms with van der Waals surface area (Å²) < 4.78 is 0. The van der Waals surface area contributed by atoms with Crippen LogP contribution in [0, 0.1) is 5.92 Å². The SMILES string of the molecule is O=C(O)c1cc2c(c3c1CCCC3)CC[C@@H]1CCC[C@@H]21. The zero-order chi connectivity index (χ0) is 13.7. The van der Waals surface area contributed by atoms with Crippen molar-refractivity contribution in [3.05, 3.63) is 33.9 Å². The van der Waals surface area contributed by atoms with E-state index in [1.807, 2.05) is 0 Å². The minimum Gasteiger partial charge on any atom is -0.478 e. The van der Waals surface area contributed by atoms with Gasteiger partial charge in [0.15, 0.2) is 0 Å². The summed E-state index contributed by atoms with van der Waals surface area (Å²) in [7, 11) is 0. The van der Waals surface area contributed by atoms with Crippen molar-refractivity contribution in [1.29, 1.82) is 0 Å². The minimum atomic E-state index is -0.717. The first-order valence-electron chi connectivity index (χ1n) is 8.16. The van der Waals surface area contributed by atoms with Gasteiger partial charge < -0.3 is 5.11 Å². The second kappa shape index (κ2) is 4.61. The largest absolute Gasteiger partial charge is 0.478 e. The Bertz CT molecular complexity index is 573. The Kier molecular flexibility index (Phi) is 2.87. The molecule has 0 radical (unpaired) electrons. The lowest BCUT2D eigenvalue weighted by Gasteiger charge is -2.33. The summed E-state index contributed by atoms with van der Waals surface area (Å²) >= 11 is 0. The highest BCUT2D eigenvalue weighted by Crippen LogP contribution is 2.49. The van der Waals surface area contributed by atoms with Crippen molar-refractivity contribution in [2.75, 3.05) is 0 Å². The van der Waals surface area contributed by atoms with E-state index < -0.39 is 5.97 Å². The monoisotopic (exact) mass is 270 g/mol. The molecule has 4 rings (SSSR count). The molecule has 0 saturated heterocycles. The number of aromatic carboxylic acids is 1. The van der Waals surface area contributed by atoms with E-state index in [2.05, 4.69) is 6.07 Å². The van der Waals surface area contributed by atoms with Gasteiger partial charge in [0.2, 0.25) is 0 Å². The van der Waals surface area contributed by atoms with E-state index in [9.17, 15) is 9.90 Å². The highest BCUT2D eigenvalue weighted by molar-refractivity contribution is 5.90. The van der Waals surface area contributed by atoms with Gasteiger partial charge in [0.1, 0.15) is 0 Å². The molecule has 0 aliphatic heterocycles. The molecule has 2 atom stereocenters. The fourth-order valence-electron chi connectivity index (χ4n) is 4.98. The summed E-state index contributed by atoms with van der Waals surface area (Å²) in [5, 5.41) is 9.58. The highest BCUT2D eigenvalue weighted by atomic mass is 16.4. The molecule has 1 fully saturated rings. The molecule has 0 aromatic heterocycles. The lowest BCUT2D eigenvalue weighted by molar-refractivity contribution is 0.0695. The van der Waals surface area contributed by atoms with Crippen molar-refractivity contribution >= 4 is 5.97 Å². The van der Waals surface area contributed by atoms with Crippen LogP contribution in [0.4, 0.5) is 0 Å². The summed E-state index contributed by atoms with van der Waals surface area (Å²) in [5.41, 5.74) is 6.17. The number of benzene rings is 1. The molecular weight excluding hydrogens is 248 g/mol. The van der Waals surface area contributed by atoms with E-state index in [0.717, 1.165) is 25.2 Å². The third-order valence-electron chi connectivity index (χ3n) is 5.86. The van der Waals surface area contributed by atoms with Crippen LogP contribution < -0.4 is 0 Å². The van der Waals surface area contributed by atoms with Crippen LogP contribution in [0.15, 0.2) is 6.07 Å². The first-order valence-corrected chi connectivity index (χ1v) is 8.16. The number of hydrogen-bond donors (Lipinski definition) is 1. The van der Waals surface area contributed by atoms with Gasteiger partial charge in [-0.15, -0.1) is 0 Å². The maximum Gasteiger partial charge on any atom is 0.335 e. The van der Waals surface area contributed by atoms with Crippen molar-refractivity contribution < 1.29 is 9.90 Å². The summed E-state index contributed by atoms with van der Waals surface area (Å²) in [5.74, 6) is 0.765. The molecule has 106 valence electrons. The fourth-order valence-corrected chi connectivity index (χ4v) is 4.98. The predicted molar refractivity (Wildman–Crippen MR) is 78.4 cm³/mol. The molecule has 1 N–H and O–H groups in total. The fraction of sp³-hybridized carbons (Fsp3) is 0.611. The van der Waals surface area contributed by atoms with Crippen LogP contribution in [-0.4, -0.2) is 11.1 Å². The van der Waals surface area contributed by atoms with Crippen molar-refractivity contribution in [2.24, 2.45) is 5.92 Å². The van der Waals surface area contributed by atoms with E-state index >= 15 is 0 Å². The van der Waals surface area contributed by atoms with Gasteiger partial charge in [-0.3, -0.25) is 0 Å². The maximum atomic E-state index is 11.7. The molecular formula is C18H22O2. The van der Waals surface area contributed by atoms with Crippen molar-refractivity contribution in [1.82, 2.24) is 0 Å². The van der Waals surface area contributed by atoms with Gasteiger partial charge in [0.05, 0.1) is 5.56 Å². The number of rotatable bonds is 1. The Hall–Kier alpha value is -1.31. The Morgan fingerprint density at radius 2 is 1.75 bits per heavy atom. The first-order chi connectivity index (χ1) is 9.75. The molecule has 0 bridgehead atoms. The third kappa shape index (κ3) is 1.73. The third-order valence-corrected chi connectivity index (χ3v) is 5.86. The molecule has 2 heteroatoms. The van der Waals surface area contributed by atoms with Crippen molar-refractivity contribution in [3.8, 4) is 0 Å². The minimum absolute atomic E-state index is 0.617. The smallest absolute Gasteiger partial charge is 0.335 e. The molecule has 2 nitrogen and oxygen atoms in total. The molecule has 20 heavy (non-hydrogen) atoms. The number of carboxylic acid groups (broad SMARTS) is 1. The van der Waals surface area contributed by atoms with E-state index in [1.54, 1.807) is 5.56 Å². The maximum absolute atomic E-state index is 11.7. The predicted octanol–water partition coefficient (Wildman–Crippen LogP) is 4.09. The van der Waals surface area contributed by atoms with Gasteiger partial charge in [-0.05, 0) is 91.5 Å². The molecule has 1 aromatic carbocycles. The van der Waals surface area contributed by atoms with Gasteiger partial charge in [-0.2, -0.15) is 0 Å². The Labute approximate surface area is 120 Å². The van der Waals surface area contributed by atoms with Crippen LogP contribution in [0.25, 0.3) is 0 Å². The van der Waals surface area contributed by atoms with E-state index in [0.29, 0.717) is 11.5 Å². The van der Waals surface area contributed by atoms with E-state index in [4.69, 9.17) is 0 Å². The van der Waals surface area contributed by atoms with Crippen LogP contribution >= 0.6 is 0 Å².